The molecule has 0 spiro atoms. The first-order chi connectivity index (χ1) is 10.1. The predicted molar refractivity (Wildman–Crippen MR) is 82.2 cm³/mol. The molecule has 0 saturated heterocycles. The molecule has 0 saturated carbocycles. The first-order valence-corrected chi connectivity index (χ1v) is 7.15. The Hall–Kier alpha value is -2.15. The number of benzene rings is 1. The van der Waals surface area contributed by atoms with Gasteiger partial charge in [0.05, 0.1) is 17.9 Å². The number of nitrogens with zero attached hydrogens (tertiary/aromatic N) is 2. The van der Waals surface area contributed by atoms with Gasteiger partial charge in [0.15, 0.2) is 0 Å². The maximum atomic E-state index is 10.9. The number of hydrogen-bond donors (Lipinski definition) is 2. The van der Waals surface area contributed by atoms with E-state index < -0.39 is 5.97 Å². The number of rotatable bonds is 6. The van der Waals surface area contributed by atoms with Crippen molar-refractivity contribution in [3.63, 3.8) is 0 Å². The summed E-state index contributed by atoms with van der Waals surface area (Å²) in [4.78, 5) is 19.2. The van der Waals surface area contributed by atoms with E-state index in [0.717, 1.165) is 6.42 Å². The molecule has 0 aliphatic carbocycles. The molecule has 0 bridgehead atoms. The van der Waals surface area contributed by atoms with Crippen molar-refractivity contribution in [2.45, 2.75) is 13.3 Å². The fourth-order valence-electron chi connectivity index (χ4n) is 1.56. The number of carbonyl (C=O) groups is 1. The maximum absolute atomic E-state index is 10.9. The normalized spacial score (nSPS) is 10.2. The molecular formula is C14H14BrN3O3. The minimum absolute atomic E-state index is 0.202. The third-order valence-corrected chi connectivity index (χ3v) is 3.20. The van der Waals surface area contributed by atoms with E-state index in [2.05, 4.69) is 31.2 Å². The van der Waals surface area contributed by atoms with Gasteiger partial charge in [0.25, 0.3) is 0 Å². The first kappa shape index (κ1) is 15.2. The Bertz CT molecular complexity index is 649. The molecule has 6 nitrogen and oxygen atoms in total. The van der Waals surface area contributed by atoms with Gasteiger partial charge in [-0.1, -0.05) is 6.92 Å². The highest BCUT2D eigenvalue weighted by Crippen LogP contribution is 2.26. The predicted octanol–water partition coefficient (Wildman–Crippen LogP) is 3.47. The molecule has 0 atom stereocenters. The number of carboxylic acid groups (broad SMARTS) is 1. The zero-order valence-corrected chi connectivity index (χ0v) is 12.9. The average molecular weight is 352 g/mol. The molecule has 1 heterocycles. The van der Waals surface area contributed by atoms with Crippen molar-refractivity contribution < 1.29 is 14.6 Å². The van der Waals surface area contributed by atoms with Crippen LogP contribution in [0, 0.1) is 0 Å². The van der Waals surface area contributed by atoms with E-state index in [4.69, 9.17) is 9.84 Å². The summed E-state index contributed by atoms with van der Waals surface area (Å²) in [6.07, 6.45) is 2.49. The smallest absolute Gasteiger partial charge is 0.335 e. The summed E-state index contributed by atoms with van der Waals surface area (Å²) in [5.41, 5.74) is 0.876. The molecule has 0 aliphatic rings. The summed E-state index contributed by atoms with van der Waals surface area (Å²) in [5, 5.41) is 11.9. The quantitative estimate of drug-likeness (QED) is 0.828. The Labute approximate surface area is 130 Å². The van der Waals surface area contributed by atoms with E-state index in [1.807, 2.05) is 6.92 Å². The lowest BCUT2D eigenvalue weighted by molar-refractivity contribution is 0.0697. The minimum Gasteiger partial charge on any atom is -0.478 e. The Morgan fingerprint density at radius 2 is 2.24 bits per heavy atom. The van der Waals surface area contributed by atoms with Gasteiger partial charge in [0, 0.05) is 16.7 Å². The van der Waals surface area contributed by atoms with Crippen LogP contribution in [0.25, 0.3) is 0 Å². The fraction of sp³-hybridized carbons (Fsp3) is 0.214. The topological polar surface area (TPSA) is 84.3 Å². The van der Waals surface area contributed by atoms with E-state index in [9.17, 15) is 4.79 Å². The SMILES string of the molecule is CCCOc1ccnc(Nc2ccc(C(=O)O)cc2Br)n1. The molecule has 1 aromatic carbocycles. The van der Waals surface area contributed by atoms with Gasteiger partial charge in [0.2, 0.25) is 11.8 Å². The third kappa shape index (κ3) is 4.16. The molecule has 0 fully saturated rings. The number of halogens is 1. The van der Waals surface area contributed by atoms with Gasteiger partial charge in [-0.2, -0.15) is 4.98 Å². The fourth-order valence-corrected chi connectivity index (χ4v) is 2.04. The molecule has 2 aromatic rings. The van der Waals surface area contributed by atoms with Crippen LogP contribution in [0.1, 0.15) is 23.7 Å². The van der Waals surface area contributed by atoms with Crippen LogP contribution in [-0.2, 0) is 0 Å². The lowest BCUT2D eigenvalue weighted by Gasteiger charge is -2.09. The molecule has 0 aliphatic heterocycles. The minimum atomic E-state index is -0.978. The Kier molecular flexibility index (Phi) is 5.10. The molecule has 7 heteroatoms. The highest BCUT2D eigenvalue weighted by atomic mass is 79.9. The summed E-state index contributed by atoms with van der Waals surface area (Å²) in [5.74, 6) is -0.103. The molecule has 0 amide bonds. The lowest BCUT2D eigenvalue weighted by atomic mass is 10.2. The number of hydrogen-bond acceptors (Lipinski definition) is 5. The monoisotopic (exact) mass is 351 g/mol. The van der Waals surface area contributed by atoms with E-state index in [0.29, 0.717) is 28.6 Å². The van der Waals surface area contributed by atoms with Crippen LogP contribution in [0.5, 0.6) is 5.88 Å². The second kappa shape index (κ2) is 7.03. The van der Waals surface area contributed by atoms with Crippen molar-refractivity contribution in [1.29, 1.82) is 0 Å². The van der Waals surface area contributed by atoms with Crippen LogP contribution in [0.4, 0.5) is 11.6 Å². The lowest BCUT2D eigenvalue weighted by Crippen LogP contribution is -2.02. The molecule has 110 valence electrons. The van der Waals surface area contributed by atoms with Gasteiger partial charge in [-0.25, -0.2) is 9.78 Å². The highest BCUT2D eigenvalue weighted by molar-refractivity contribution is 9.10. The Morgan fingerprint density at radius 3 is 2.90 bits per heavy atom. The number of ether oxygens (including phenoxy) is 1. The second-order valence-corrected chi connectivity index (χ2v) is 5.05. The number of carboxylic acids is 1. The molecule has 2 rings (SSSR count). The van der Waals surface area contributed by atoms with Gasteiger partial charge in [-0.3, -0.25) is 0 Å². The summed E-state index contributed by atoms with van der Waals surface area (Å²) < 4.78 is 6.05. The molecule has 1 aromatic heterocycles. The maximum Gasteiger partial charge on any atom is 0.335 e. The van der Waals surface area contributed by atoms with Crippen LogP contribution in [0.3, 0.4) is 0 Å². The van der Waals surface area contributed by atoms with Crippen LogP contribution >= 0.6 is 15.9 Å². The number of nitrogens with one attached hydrogen (secondary N) is 1. The largest absolute Gasteiger partial charge is 0.478 e. The van der Waals surface area contributed by atoms with Gasteiger partial charge in [0.1, 0.15) is 0 Å². The van der Waals surface area contributed by atoms with Crippen LogP contribution < -0.4 is 10.1 Å². The zero-order chi connectivity index (χ0) is 15.2. The van der Waals surface area contributed by atoms with E-state index in [1.165, 1.54) is 12.1 Å². The van der Waals surface area contributed by atoms with E-state index in [-0.39, 0.29) is 5.56 Å². The van der Waals surface area contributed by atoms with Crippen LogP contribution in [0.2, 0.25) is 0 Å². The summed E-state index contributed by atoms with van der Waals surface area (Å²) in [6.45, 7) is 2.61. The zero-order valence-electron chi connectivity index (χ0n) is 11.3. The molecule has 0 unspecified atom stereocenters. The number of aromatic nitrogens is 2. The van der Waals surface area contributed by atoms with Gasteiger partial charge in [-0.15, -0.1) is 0 Å². The van der Waals surface area contributed by atoms with Crippen LogP contribution in [0.15, 0.2) is 34.9 Å². The highest BCUT2D eigenvalue weighted by Gasteiger charge is 2.08. The third-order valence-electron chi connectivity index (χ3n) is 2.55. The van der Waals surface area contributed by atoms with Crippen molar-refractivity contribution in [2.75, 3.05) is 11.9 Å². The molecular weight excluding hydrogens is 338 g/mol. The molecule has 21 heavy (non-hydrogen) atoms. The van der Waals surface area contributed by atoms with E-state index in [1.54, 1.807) is 18.3 Å². The Morgan fingerprint density at radius 1 is 1.43 bits per heavy atom. The second-order valence-electron chi connectivity index (χ2n) is 4.19. The standard InChI is InChI=1S/C14H14BrN3O3/c1-2-7-21-12-5-6-16-14(18-12)17-11-4-3-9(13(19)20)8-10(11)15/h3-6,8H,2,7H2,1H3,(H,19,20)(H,16,17,18). The summed E-state index contributed by atoms with van der Waals surface area (Å²) in [6, 6.07) is 6.36. The van der Waals surface area contributed by atoms with Gasteiger partial charge < -0.3 is 15.2 Å². The first-order valence-electron chi connectivity index (χ1n) is 6.36. The molecule has 0 radical (unpaired) electrons. The average Bonchev–Trinajstić information content (AvgIpc) is 2.47. The summed E-state index contributed by atoms with van der Waals surface area (Å²) >= 11 is 3.32. The van der Waals surface area contributed by atoms with Crippen molar-refractivity contribution >= 4 is 33.5 Å². The number of aromatic carboxylic acids is 1. The molecule has 2 N–H and O–H groups in total. The van der Waals surface area contributed by atoms with Gasteiger partial charge >= 0.3 is 5.97 Å². The van der Waals surface area contributed by atoms with Crippen LogP contribution in [-0.4, -0.2) is 27.7 Å². The van der Waals surface area contributed by atoms with Crippen molar-refractivity contribution in [2.24, 2.45) is 0 Å². The number of anilines is 2. The van der Waals surface area contributed by atoms with Crippen molar-refractivity contribution in [3.05, 3.63) is 40.5 Å². The van der Waals surface area contributed by atoms with Gasteiger partial charge in [-0.05, 0) is 40.5 Å². The van der Waals surface area contributed by atoms with Crippen molar-refractivity contribution in [1.82, 2.24) is 9.97 Å². The Balaban J connectivity index is 2.16. The van der Waals surface area contributed by atoms with E-state index >= 15 is 0 Å². The summed E-state index contributed by atoms with van der Waals surface area (Å²) in [7, 11) is 0. The van der Waals surface area contributed by atoms with Crippen molar-refractivity contribution in [3.8, 4) is 5.88 Å².